The molecule has 2 aromatic rings. The molecule has 0 bridgehead atoms. The Morgan fingerprint density at radius 3 is 2.70 bits per heavy atom. The van der Waals surface area contributed by atoms with Gasteiger partial charge in [-0.25, -0.2) is 4.98 Å². The molecule has 0 unspecified atom stereocenters. The van der Waals surface area contributed by atoms with E-state index in [0.29, 0.717) is 24.8 Å². The van der Waals surface area contributed by atoms with Gasteiger partial charge in [0.05, 0.1) is 5.69 Å². The van der Waals surface area contributed by atoms with Crippen LogP contribution in [-0.4, -0.2) is 32.7 Å². The maximum atomic E-state index is 12.4. The molecule has 0 fully saturated rings. The van der Waals surface area contributed by atoms with Gasteiger partial charge in [0.1, 0.15) is 0 Å². The molecule has 2 heterocycles. The van der Waals surface area contributed by atoms with Crippen molar-refractivity contribution in [1.82, 2.24) is 19.6 Å². The van der Waals surface area contributed by atoms with Crippen molar-refractivity contribution in [2.75, 3.05) is 18.0 Å². The first-order valence-electron chi connectivity index (χ1n) is 6.72. The Morgan fingerprint density at radius 2 is 2.00 bits per heavy atom. The second kappa shape index (κ2) is 4.96. The molecular formula is C14H17N5O. The standard InChI is InChI=1S/C14H17N5O/c1-3-8-18(9-4-2)14-16-13-15-11-7-5-6-10(11)12(20)19(13)17-14/h3-4H,1-2,5-9H2,(H,15,16,17). The SMILES string of the molecule is C=CCN(CC=C)c1nc2nc3c(c(=O)n2[nH]1)CCC3. The summed E-state index contributed by atoms with van der Waals surface area (Å²) in [6, 6.07) is 0. The summed E-state index contributed by atoms with van der Waals surface area (Å²) in [5.41, 5.74) is 1.68. The molecule has 0 saturated carbocycles. The zero-order valence-electron chi connectivity index (χ0n) is 11.3. The number of aryl methyl sites for hydroxylation is 1. The van der Waals surface area contributed by atoms with Crippen molar-refractivity contribution < 1.29 is 0 Å². The Bertz CT molecular complexity index is 717. The monoisotopic (exact) mass is 271 g/mol. The summed E-state index contributed by atoms with van der Waals surface area (Å²) in [7, 11) is 0. The van der Waals surface area contributed by atoms with E-state index in [4.69, 9.17) is 0 Å². The fourth-order valence-electron chi connectivity index (χ4n) is 2.57. The quantitative estimate of drug-likeness (QED) is 0.827. The van der Waals surface area contributed by atoms with E-state index in [1.54, 1.807) is 12.2 Å². The van der Waals surface area contributed by atoms with Crippen LogP contribution in [0.15, 0.2) is 30.1 Å². The van der Waals surface area contributed by atoms with Gasteiger partial charge in [0.15, 0.2) is 0 Å². The van der Waals surface area contributed by atoms with Crippen LogP contribution in [0.25, 0.3) is 5.78 Å². The molecule has 6 heteroatoms. The van der Waals surface area contributed by atoms with Crippen molar-refractivity contribution in [3.05, 3.63) is 46.9 Å². The highest BCUT2D eigenvalue weighted by atomic mass is 16.1. The molecule has 0 spiro atoms. The van der Waals surface area contributed by atoms with Crippen LogP contribution in [0.4, 0.5) is 5.95 Å². The van der Waals surface area contributed by atoms with Crippen molar-refractivity contribution in [3.63, 3.8) is 0 Å². The van der Waals surface area contributed by atoms with Crippen LogP contribution in [0.2, 0.25) is 0 Å². The molecule has 1 N–H and O–H groups in total. The molecule has 104 valence electrons. The first-order valence-corrected chi connectivity index (χ1v) is 6.72. The van der Waals surface area contributed by atoms with E-state index in [1.165, 1.54) is 4.52 Å². The minimum Gasteiger partial charge on any atom is -0.334 e. The van der Waals surface area contributed by atoms with Gasteiger partial charge in [-0.05, 0) is 19.3 Å². The molecule has 0 radical (unpaired) electrons. The third-order valence-corrected chi connectivity index (χ3v) is 3.50. The van der Waals surface area contributed by atoms with Gasteiger partial charge in [0.2, 0.25) is 5.95 Å². The van der Waals surface area contributed by atoms with E-state index >= 15 is 0 Å². The lowest BCUT2D eigenvalue weighted by Gasteiger charge is -2.16. The van der Waals surface area contributed by atoms with E-state index in [1.807, 2.05) is 4.90 Å². The molecule has 3 rings (SSSR count). The van der Waals surface area contributed by atoms with Crippen LogP contribution in [-0.2, 0) is 12.8 Å². The van der Waals surface area contributed by atoms with Gasteiger partial charge in [0, 0.05) is 18.7 Å². The number of aromatic amines is 1. The first kappa shape index (κ1) is 12.7. The Hall–Kier alpha value is -2.37. The maximum Gasteiger partial charge on any atom is 0.277 e. The van der Waals surface area contributed by atoms with Gasteiger partial charge < -0.3 is 4.90 Å². The van der Waals surface area contributed by atoms with Crippen LogP contribution >= 0.6 is 0 Å². The highest BCUT2D eigenvalue weighted by Gasteiger charge is 2.20. The van der Waals surface area contributed by atoms with Gasteiger partial charge >= 0.3 is 0 Å². The van der Waals surface area contributed by atoms with Crippen molar-refractivity contribution in [1.29, 1.82) is 0 Å². The number of hydrogen-bond acceptors (Lipinski definition) is 4. The average molecular weight is 271 g/mol. The van der Waals surface area contributed by atoms with Gasteiger partial charge in [-0.2, -0.15) is 9.50 Å². The first-order chi connectivity index (χ1) is 9.74. The van der Waals surface area contributed by atoms with E-state index < -0.39 is 0 Å². The Morgan fingerprint density at radius 1 is 1.25 bits per heavy atom. The average Bonchev–Trinajstić information content (AvgIpc) is 3.05. The third kappa shape index (κ3) is 1.93. The molecular weight excluding hydrogens is 254 g/mol. The number of nitrogens with one attached hydrogen (secondary N) is 1. The fraction of sp³-hybridized carbons (Fsp3) is 0.357. The van der Waals surface area contributed by atoms with Crippen molar-refractivity contribution in [3.8, 4) is 0 Å². The molecule has 20 heavy (non-hydrogen) atoms. The van der Waals surface area contributed by atoms with E-state index in [-0.39, 0.29) is 5.56 Å². The summed E-state index contributed by atoms with van der Waals surface area (Å²) < 4.78 is 1.43. The number of H-pyrrole nitrogens is 1. The molecule has 0 saturated heterocycles. The number of hydrogen-bond donors (Lipinski definition) is 1. The van der Waals surface area contributed by atoms with Gasteiger partial charge in [-0.1, -0.05) is 12.2 Å². The van der Waals surface area contributed by atoms with Crippen LogP contribution in [0.3, 0.4) is 0 Å². The Labute approximate surface area is 116 Å². The lowest BCUT2D eigenvalue weighted by Crippen LogP contribution is -2.25. The topological polar surface area (TPSA) is 66.3 Å². The molecule has 0 atom stereocenters. The number of rotatable bonds is 5. The Kier molecular flexibility index (Phi) is 3.14. The molecule has 0 amide bonds. The second-order valence-corrected chi connectivity index (χ2v) is 4.86. The molecule has 1 aliphatic carbocycles. The van der Waals surface area contributed by atoms with Gasteiger partial charge in [-0.3, -0.25) is 9.89 Å². The third-order valence-electron chi connectivity index (χ3n) is 3.50. The number of nitrogens with zero attached hydrogens (tertiary/aromatic N) is 4. The van der Waals surface area contributed by atoms with E-state index in [9.17, 15) is 4.79 Å². The van der Waals surface area contributed by atoms with E-state index in [2.05, 4.69) is 28.2 Å². The Balaban J connectivity index is 2.11. The number of fused-ring (bicyclic) bond motifs is 2. The lowest BCUT2D eigenvalue weighted by molar-refractivity contribution is 0.837. The normalized spacial score (nSPS) is 13.4. The number of aromatic nitrogens is 4. The summed E-state index contributed by atoms with van der Waals surface area (Å²) >= 11 is 0. The summed E-state index contributed by atoms with van der Waals surface area (Å²) in [6.45, 7) is 8.71. The lowest BCUT2D eigenvalue weighted by atomic mass is 10.3. The zero-order chi connectivity index (χ0) is 14.1. The second-order valence-electron chi connectivity index (χ2n) is 4.86. The number of anilines is 1. The fourth-order valence-corrected chi connectivity index (χ4v) is 2.57. The van der Waals surface area contributed by atoms with Gasteiger partial charge in [0.25, 0.3) is 11.3 Å². The summed E-state index contributed by atoms with van der Waals surface area (Å²) in [5.74, 6) is 1.04. The molecule has 6 nitrogen and oxygen atoms in total. The smallest absolute Gasteiger partial charge is 0.277 e. The summed E-state index contributed by atoms with van der Waals surface area (Å²) in [5, 5.41) is 3.02. The van der Waals surface area contributed by atoms with Crippen LogP contribution in [0, 0.1) is 0 Å². The summed E-state index contributed by atoms with van der Waals surface area (Å²) in [4.78, 5) is 23.2. The van der Waals surface area contributed by atoms with Crippen LogP contribution in [0.1, 0.15) is 17.7 Å². The van der Waals surface area contributed by atoms with E-state index in [0.717, 1.165) is 30.5 Å². The molecule has 0 aliphatic heterocycles. The largest absolute Gasteiger partial charge is 0.334 e. The minimum atomic E-state index is -0.0293. The highest BCUT2D eigenvalue weighted by Crippen LogP contribution is 2.17. The van der Waals surface area contributed by atoms with Gasteiger partial charge in [-0.15, -0.1) is 13.2 Å². The maximum absolute atomic E-state index is 12.4. The minimum absolute atomic E-state index is 0.0293. The van der Waals surface area contributed by atoms with Crippen molar-refractivity contribution >= 4 is 11.7 Å². The predicted octanol–water partition coefficient (Wildman–Crippen LogP) is 1.08. The summed E-state index contributed by atoms with van der Waals surface area (Å²) in [6.07, 6.45) is 6.24. The van der Waals surface area contributed by atoms with Crippen molar-refractivity contribution in [2.24, 2.45) is 0 Å². The zero-order valence-corrected chi connectivity index (χ0v) is 11.3. The molecule has 1 aliphatic rings. The highest BCUT2D eigenvalue weighted by molar-refractivity contribution is 5.42. The molecule has 0 aromatic carbocycles. The van der Waals surface area contributed by atoms with Crippen LogP contribution in [0.5, 0.6) is 0 Å². The molecule has 2 aromatic heterocycles. The van der Waals surface area contributed by atoms with Crippen molar-refractivity contribution in [2.45, 2.75) is 19.3 Å². The predicted molar refractivity (Wildman–Crippen MR) is 78.2 cm³/mol. The van der Waals surface area contributed by atoms with Crippen LogP contribution < -0.4 is 10.5 Å².